The molecule has 1 atom stereocenters. The molecular formula is C23H25N3O6S. The third-order valence-electron chi connectivity index (χ3n) is 5.21. The molecule has 10 heteroatoms. The normalized spacial score (nSPS) is 16.6. The molecule has 174 valence electrons. The molecule has 4 rings (SSSR count). The number of ether oxygens (including phenoxy) is 2. The van der Waals surface area contributed by atoms with E-state index in [4.69, 9.17) is 23.8 Å². The third kappa shape index (κ3) is 4.85. The van der Waals surface area contributed by atoms with Gasteiger partial charge in [-0.3, -0.25) is 9.69 Å². The number of carbonyl (C=O) groups excluding carboxylic acids is 1. The number of nitrogens with zero attached hydrogens (tertiary/aromatic N) is 2. The summed E-state index contributed by atoms with van der Waals surface area (Å²) in [5.41, 5.74) is 3.53. The van der Waals surface area contributed by atoms with Crippen LogP contribution < -0.4 is 19.7 Å². The van der Waals surface area contributed by atoms with Gasteiger partial charge in [0.1, 0.15) is 6.54 Å². The number of benzene rings is 2. The van der Waals surface area contributed by atoms with Gasteiger partial charge in [0.25, 0.3) is 0 Å². The van der Waals surface area contributed by atoms with Crippen LogP contribution in [0.4, 0.5) is 10.5 Å². The minimum atomic E-state index is -1.08. The summed E-state index contributed by atoms with van der Waals surface area (Å²) in [6.07, 6.45) is 0.658. The van der Waals surface area contributed by atoms with Gasteiger partial charge in [-0.1, -0.05) is 12.1 Å². The van der Waals surface area contributed by atoms with Crippen molar-refractivity contribution in [2.24, 2.45) is 4.99 Å². The average molecular weight is 472 g/mol. The van der Waals surface area contributed by atoms with Gasteiger partial charge in [-0.05, 0) is 55.7 Å². The predicted molar refractivity (Wildman–Crippen MR) is 125 cm³/mol. The fourth-order valence-corrected chi connectivity index (χ4v) is 4.60. The van der Waals surface area contributed by atoms with E-state index in [2.05, 4.69) is 5.32 Å². The Morgan fingerprint density at radius 3 is 2.76 bits per heavy atom. The lowest BCUT2D eigenvalue weighted by Gasteiger charge is -2.18. The van der Waals surface area contributed by atoms with Crippen molar-refractivity contribution in [3.63, 3.8) is 0 Å². The van der Waals surface area contributed by atoms with E-state index in [1.54, 1.807) is 4.90 Å². The minimum Gasteiger partial charge on any atom is -0.490 e. The highest BCUT2D eigenvalue weighted by Crippen LogP contribution is 2.44. The second-order valence-corrected chi connectivity index (χ2v) is 8.10. The number of nitrogens with one attached hydrogen (secondary N) is 1. The minimum absolute atomic E-state index is 0.279. The highest BCUT2D eigenvalue weighted by Gasteiger charge is 2.32. The molecule has 9 nitrogen and oxygen atoms in total. The molecule has 2 amide bonds. The van der Waals surface area contributed by atoms with Crippen molar-refractivity contribution in [1.82, 2.24) is 5.32 Å². The molecule has 0 saturated carbocycles. The van der Waals surface area contributed by atoms with Crippen LogP contribution in [0.3, 0.4) is 0 Å². The van der Waals surface area contributed by atoms with Gasteiger partial charge in [-0.2, -0.15) is 0 Å². The van der Waals surface area contributed by atoms with E-state index in [1.165, 1.54) is 12.0 Å². The van der Waals surface area contributed by atoms with Crippen molar-refractivity contribution >= 4 is 35.6 Å². The molecule has 0 aliphatic carbocycles. The van der Waals surface area contributed by atoms with E-state index in [1.807, 2.05) is 50.2 Å². The van der Waals surface area contributed by atoms with Crippen molar-refractivity contribution in [2.75, 3.05) is 31.2 Å². The number of aliphatic carboxylic acids is 1. The Labute approximate surface area is 195 Å². The lowest BCUT2D eigenvalue weighted by atomic mass is 10.0. The molecule has 2 N–H and O–H groups in total. The van der Waals surface area contributed by atoms with Crippen molar-refractivity contribution in [3.05, 3.63) is 53.1 Å². The SMILES string of the molecule is CCOc1ccc(C2=NC(c3cccc4c3CCN4C(=O)NCC(=O)O)SO2)cc1OCC. The number of carboxylic acids is 1. The zero-order valence-corrected chi connectivity index (χ0v) is 19.2. The van der Waals surface area contributed by atoms with Crippen LogP contribution in [0, 0.1) is 0 Å². The van der Waals surface area contributed by atoms with Crippen LogP contribution in [0.25, 0.3) is 0 Å². The Morgan fingerprint density at radius 1 is 1.21 bits per heavy atom. The van der Waals surface area contributed by atoms with Gasteiger partial charge in [0, 0.05) is 17.8 Å². The maximum absolute atomic E-state index is 12.4. The number of anilines is 1. The Balaban J connectivity index is 1.56. The molecule has 0 spiro atoms. The van der Waals surface area contributed by atoms with E-state index in [0.29, 0.717) is 43.6 Å². The number of rotatable bonds is 8. The number of hydrogen-bond donors (Lipinski definition) is 2. The molecule has 0 aromatic heterocycles. The summed E-state index contributed by atoms with van der Waals surface area (Å²) >= 11 is 1.25. The van der Waals surface area contributed by atoms with Gasteiger partial charge >= 0.3 is 12.0 Å². The smallest absolute Gasteiger partial charge is 0.323 e. The van der Waals surface area contributed by atoms with Gasteiger partial charge in [0.15, 0.2) is 16.9 Å². The highest BCUT2D eigenvalue weighted by molar-refractivity contribution is 7.95. The fraction of sp³-hybridized carbons (Fsp3) is 0.348. The first-order valence-corrected chi connectivity index (χ1v) is 11.5. The molecule has 0 saturated heterocycles. The highest BCUT2D eigenvalue weighted by atomic mass is 32.2. The molecule has 2 aromatic carbocycles. The number of carboxylic acid groups (broad SMARTS) is 1. The summed E-state index contributed by atoms with van der Waals surface area (Å²) in [5.74, 6) is 0.730. The van der Waals surface area contributed by atoms with E-state index < -0.39 is 18.5 Å². The lowest BCUT2D eigenvalue weighted by molar-refractivity contribution is -0.135. The molecule has 1 unspecified atom stereocenters. The van der Waals surface area contributed by atoms with Crippen LogP contribution in [0.5, 0.6) is 11.5 Å². The number of fused-ring (bicyclic) bond motifs is 1. The van der Waals surface area contributed by atoms with Gasteiger partial charge in [-0.15, -0.1) is 0 Å². The summed E-state index contributed by atoms with van der Waals surface area (Å²) in [5, 5.41) is 11.0. The fourth-order valence-electron chi connectivity index (χ4n) is 3.82. The Kier molecular flexibility index (Phi) is 6.93. The predicted octanol–water partition coefficient (Wildman–Crippen LogP) is 3.76. The number of hydrogen-bond acceptors (Lipinski definition) is 7. The maximum Gasteiger partial charge on any atom is 0.323 e. The molecule has 2 aliphatic rings. The molecule has 2 aromatic rings. The first-order valence-electron chi connectivity index (χ1n) is 10.7. The van der Waals surface area contributed by atoms with Crippen molar-refractivity contribution in [2.45, 2.75) is 25.6 Å². The molecule has 0 radical (unpaired) electrons. The lowest BCUT2D eigenvalue weighted by Crippen LogP contribution is -2.41. The van der Waals surface area contributed by atoms with E-state index in [-0.39, 0.29) is 5.37 Å². The molecule has 2 aliphatic heterocycles. The van der Waals surface area contributed by atoms with Crippen LogP contribution in [0.1, 0.15) is 35.9 Å². The maximum atomic E-state index is 12.4. The molecule has 0 fully saturated rings. The van der Waals surface area contributed by atoms with Crippen LogP contribution in [-0.4, -0.2) is 49.3 Å². The van der Waals surface area contributed by atoms with Crippen LogP contribution in [-0.2, 0) is 15.4 Å². The largest absolute Gasteiger partial charge is 0.490 e. The third-order valence-corrected chi connectivity index (χ3v) is 6.00. The van der Waals surface area contributed by atoms with E-state index in [9.17, 15) is 9.59 Å². The number of carbonyl (C=O) groups is 2. The first kappa shape index (κ1) is 22.8. The first-order chi connectivity index (χ1) is 16.0. The molecular weight excluding hydrogens is 446 g/mol. The monoisotopic (exact) mass is 471 g/mol. The van der Waals surface area contributed by atoms with Crippen molar-refractivity contribution in [3.8, 4) is 11.5 Å². The Bertz CT molecular complexity index is 1090. The number of amides is 2. The van der Waals surface area contributed by atoms with Gasteiger partial charge in [0.05, 0.1) is 25.3 Å². The van der Waals surface area contributed by atoms with Crippen molar-refractivity contribution in [1.29, 1.82) is 0 Å². The van der Waals surface area contributed by atoms with Crippen molar-refractivity contribution < 1.29 is 28.4 Å². The second-order valence-electron chi connectivity index (χ2n) is 7.29. The topological polar surface area (TPSA) is 110 Å². The zero-order chi connectivity index (χ0) is 23.4. The van der Waals surface area contributed by atoms with E-state index >= 15 is 0 Å². The number of urea groups is 1. The quantitative estimate of drug-likeness (QED) is 0.564. The van der Waals surface area contributed by atoms with Gasteiger partial charge < -0.3 is 24.1 Å². The van der Waals surface area contributed by atoms with Crippen LogP contribution in [0.15, 0.2) is 41.4 Å². The summed E-state index contributed by atoms with van der Waals surface area (Å²) < 4.78 is 17.2. The summed E-state index contributed by atoms with van der Waals surface area (Å²) in [6.45, 7) is 4.95. The molecule has 0 bridgehead atoms. The van der Waals surface area contributed by atoms with E-state index in [0.717, 1.165) is 22.4 Å². The van der Waals surface area contributed by atoms with Crippen LogP contribution in [0.2, 0.25) is 0 Å². The zero-order valence-electron chi connectivity index (χ0n) is 18.4. The summed E-state index contributed by atoms with van der Waals surface area (Å²) in [7, 11) is 0. The Morgan fingerprint density at radius 2 is 2.00 bits per heavy atom. The van der Waals surface area contributed by atoms with Gasteiger partial charge in [-0.25, -0.2) is 9.79 Å². The standard InChI is InChI=1S/C23H25N3O6S/c1-3-30-18-9-8-14(12-19(18)31-4-2)21-25-22(33-32-21)16-6-5-7-17-15(16)10-11-26(17)23(29)24-13-20(27)28/h5-9,12,22H,3-4,10-11,13H2,1-2H3,(H,24,29)(H,27,28). The summed E-state index contributed by atoms with van der Waals surface area (Å²) in [4.78, 5) is 29.5. The summed E-state index contributed by atoms with van der Waals surface area (Å²) in [6, 6.07) is 10.9. The second kappa shape index (κ2) is 10.0. The molecule has 2 heterocycles. The molecule has 33 heavy (non-hydrogen) atoms. The average Bonchev–Trinajstić information content (AvgIpc) is 3.46. The van der Waals surface area contributed by atoms with Gasteiger partial charge in [0.2, 0.25) is 5.90 Å². The Hall–Kier alpha value is -3.40. The van der Waals surface area contributed by atoms with Crippen LogP contribution >= 0.6 is 12.0 Å². The number of aliphatic imine (C=N–C) groups is 1.